The SMILES string of the molecule is CCc1ccccc1NCc1cc(Cl)c(OCc2ccc(F)cc2)c(Cl)c1. The highest BCUT2D eigenvalue weighted by atomic mass is 35.5. The van der Waals surface area contributed by atoms with Crippen LogP contribution < -0.4 is 10.1 Å². The maximum absolute atomic E-state index is 13.0. The number of hydrogen-bond acceptors (Lipinski definition) is 2. The minimum absolute atomic E-state index is 0.265. The first-order chi connectivity index (χ1) is 13.1. The van der Waals surface area contributed by atoms with Crippen molar-refractivity contribution in [1.29, 1.82) is 0 Å². The lowest BCUT2D eigenvalue weighted by Gasteiger charge is -2.14. The van der Waals surface area contributed by atoms with Crippen molar-refractivity contribution < 1.29 is 9.13 Å². The first-order valence-corrected chi connectivity index (χ1v) is 9.49. The smallest absolute Gasteiger partial charge is 0.156 e. The van der Waals surface area contributed by atoms with Crippen molar-refractivity contribution in [1.82, 2.24) is 0 Å². The molecule has 0 spiro atoms. The molecule has 0 unspecified atom stereocenters. The molecule has 5 heteroatoms. The topological polar surface area (TPSA) is 21.3 Å². The van der Waals surface area contributed by atoms with Gasteiger partial charge in [0.15, 0.2) is 5.75 Å². The third-order valence-electron chi connectivity index (χ3n) is 4.24. The van der Waals surface area contributed by atoms with Crippen molar-refractivity contribution in [2.75, 3.05) is 5.32 Å². The molecule has 27 heavy (non-hydrogen) atoms. The number of nitrogens with one attached hydrogen (secondary N) is 1. The highest BCUT2D eigenvalue weighted by molar-refractivity contribution is 6.37. The second-order valence-corrected chi connectivity index (χ2v) is 6.98. The van der Waals surface area contributed by atoms with E-state index in [-0.39, 0.29) is 12.4 Å². The zero-order valence-electron chi connectivity index (χ0n) is 14.9. The van der Waals surface area contributed by atoms with Crippen LogP contribution in [0.3, 0.4) is 0 Å². The Balaban J connectivity index is 1.68. The van der Waals surface area contributed by atoms with Crippen LogP contribution in [0.15, 0.2) is 60.7 Å². The summed E-state index contributed by atoms with van der Waals surface area (Å²) in [6.45, 7) is 3.00. The maximum Gasteiger partial charge on any atom is 0.156 e. The lowest BCUT2D eigenvalue weighted by Crippen LogP contribution is -2.03. The fraction of sp³-hybridized carbons (Fsp3) is 0.182. The third-order valence-corrected chi connectivity index (χ3v) is 4.80. The number of aryl methyl sites for hydroxylation is 1. The van der Waals surface area contributed by atoms with Crippen LogP contribution >= 0.6 is 23.2 Å². The monoisotopic (exact) mass is 403 g/mol. The van der Waals surface area contributed by atoms with Crippen LogP contribution in [-0.2, 0) is 19.6 Å². The molecule has 1 N–H and O–H groups in total. The van der Waals surface area contributed by atoms with E-state index in [0.29, 0.717) is 22.3 Å². The molecule has 0 saturated carbocycles. The van der Waals surface area contributed by atoms with E-state index in [0.717, 1.165) is 23.2 Å². The van der Waals surface area contributed by atoms with Crippen LogP contribution in [0.1, 0.15) is 23.6 Å². The number of ether oxygens (including phenoxy) is 1. The predicted molar refractivity (Wildman–Crippen MR) is 110 cm³/mol. The minimum atomic E-state index is -0.281. The van der Waals surface area contributed by atoms with Gasteiger partial charge in [-0.3, -0.25) is 0 Å². The van der Waals surface area contributed by atoms with Gasteiger partial charge in [-0.1, -0.05) is 60.5 Å². The number of para-hydroxylation sites is 1. The summed E-state index contributed by atoms with van der Waals surface area (Å²) in [4.78, 5) is 0. The fourth-order valence-electron chi connectivity index (χ4n) is 2.79. The summed E-state index contributed by atoms with van der Waals surface area (Å²) in [5, 5.41) is 4.32. The molecule has 0 fully saturated rings. The molecule has 140 valence electrons. The molecule has 0 aliphatic carbocycles. The quantitative estimate of drug-likeness (QED) is 0.463. The van der Waals surface area contributed by atoms with Gasteiger partial charge in [0.1, 0.15) is 12.4 Å². The number of rotatable bonds is 7. The van der Waals surface area contributed by atoms with E-state index in [1.54, 1.807) is 12.1 Å². The molecule has 0 amide bonds. The Morgan fingerprint density at radius 3 is 2.26 bits per heavy atom. The second-order valence-electron chi connectivity index (χ2n) is 6.17. The summed E-state index contributed by atoms with van der Waals surface area (Å²) in [7, 11) is 0. The Morgan fingerprint density at radius 2 is 1.59 bits per heavy atom. The van der Waals surface area contributed by atoms with Crippen molar-refractivity contribution in [3.8, 4) is 5.75 Å². The summed E-state index contributed by atoms with van der Waals surface area (Å²) in [6.07, 6.45) is 0.959. The highest BCUT2D eigenvalue weighted by Crippen LogP contribution is 2.35. The number of hydrogen-bond donors (Lipinski definition) is 1. The van der Waals surface area contributed by atoms with Crippen LogP contribution in [0.25, 0.3) is 0 Å². The molecule has 0 aliphatic rings. The molecule has 0 radical (unpaired) electrons. The van der Waals surface area contributed by atoms with Gasteiger partial charge in [0, 0.05) is 12.2 Å². The Labute approximate surface area is 168 Å². The molecule has 3 aromatic carbocycles. The first-order valence-electron chi connectivity index (χ1n) is 8.73. The van der Waals surface area contributed by atoms with Gasteiger partial charge in [-0.2, -0.15) is 0 Å². The van der Waals surface area contributed by atoms with Crippen molar-refractivity contribution in [3.05, 3.63) is 93.2 Å². The van der Waals surface area contributed by atoms with Crippen LogP contribution in [0, 0.1) is 5.82 Å². The summed E-state index contributed by atoms with van der Waals surface area (Å²) in [5.41, 5.74) is 4.16. The standard InChI is InChI=1S/C22H20Cl2FNO/c1-2-17-5-3-4-6-21(17)26-13-16-11-19(23)22(20(24)12-16)27-14-15-7-9-18(25)10-8-15/h3-12,26H,2,13-14H2,1H3. The summed E-state index contributed by atoms with van der Waals surface area (Å²) in [6, 6.07) is 18.0. The van der Waals surface area contributed by atoms with Crippen LogP contribution in [0.4, 0.5) is 10.1 Å². The Bertz CT molecular complexity index is 889. The van der Waals surface area contributed by atoms with E-state index < -0.39 is 0 Å². The number of benzene rings is 3. The molecule has 0 atom stereocenters. The average molecular weight is 404 g/mol. The van der Waals surface area contributed by atoms with Gasteiger partial charge in [0.25, 0.3) is 0 Å². The molecule has 0 heterocycles. The van der Waals surface area contributed by atoms with Crippen molar-refractivity contribution >= 4 is 28.9 Å². The second kappa shape index (κ2) is 9.12. The van der Waals surface area contributed by atoms with E-state index >= 15 is 0 Å². The average Bonchev–Trinajstić information content (AvgIpc) is 2.67. The summed E-state index contributed by atoms with van der Waals surface area (Å²) in [5.74, 6) is 0.150. The fourth-order valence-corrected chi connectivity index (χ4v) is 3.43. The van der Waals surface area contributed by atoms with Crippen LogP contribution in [-0.4, -0.2) is 0 Å². The number of halogens is 3. The van der Waals surface area contributed by atoms with Gasteiger partial charge in [0.05, 0.1) is 10.0 Å². The van der Waals surface area contributed by atoms with Gasteiger partial charge >= 0.3 is 0 Å². The van der Waals surface area contributed by atoms with E-state index in [9.17, 15) is 4.39 Å². The Kier molecular flexibility index (Phi) is 6.59. The van der Waals surface area contributed by atoms with Crippen molar-refractivity contribution in [2.24, 2.45) is 0 Å². The van der Waals surface area contributed by atoms with Gasteiger partial charge in [-0.25, -0.2) is 4.39 Å². The van der Waals surface area contributed by atoms with E-state index in [4.69, 9.17) is 27.9 Å². The van der Waals surface area contributed by atoms with E-state index in [1.807, 2.05) is 24.3 Å². The molecule has 0 bridgehead atoms. The summed E-state index contributed by atoms with van der Waals surface area (Å²) >= 11 is 12.7. The largest absolute Gasteiger partial charge is 0.486 e. The minimum Gasteiger partial charge on any atom is -0.486 e. The maximum atomic E-state index is 13.0. The van der Waals surface area contributed by atoms with Gasteiger partial charge < -0.3 is 10.1 Å². The third kappa shape index (κ3) is 5.15. The molecule has 0 aromatic heterocycles. The lowest BCUT2D eigenvalue weighted by molar-refractivity contribution is 0.306. The van der Waals surface area contributed by atoms with Gasteiger partial charge in [0.2, 0.25) is 0 Å². The van der Waals surface area contributed by atoms with E-state index in [1.165, 1.54) is 17.7 Å². The molecule has 2 nitrogen and oxygen atoms in total. The normalized spacial score (nSPS) is 10.7. The molecule has 0 aliphatic heterocycles. The molecular formula is C22H20Cl2FNO. The first kappa shape index (κ1) is 19.5. The van der Waals surface area contributed by atoms with Gasteiger partial charge in [-0.15, -0.1) is 0 Å². The van der Waals surface area contributed by atoms with E-state index in [2.05, 4.69) is 24.4 Å². The highest BCUT2D eigenvalue weighted by Gasteiger charge is 2.11. The zero-order chi connectivity index (χ0) is 19.2. The predicted octanol–water partition coefficient (Wildman–Crippen LogP) is 6.89. The van der Waals surface area contributed by atoms with Crippen molar-refractivity contribution in [3.63, 3.8) is 0 Å². The van der Waals surface area contributed by atoms with Crippen LogP contribution in [0.2, 0.25) is 10.0 Å². The lowest BCUT2D eigenvalue weighted by atomic mass is 10.1. The molecule has 3 rings (SSSR count). The Morgan fingerprint density at radius 1 is 0.926 bits per heavy atom. The zero-order valence-corrected chi connectivity index (χ0v) is 16.4. The molecular weight excluding hydrogens is 384 g/mol. The summed E-state index contributed by atoms with van der Waals surface area (Å²) < 4.78 is 18.7. The molecule has 3 aromatic rings. The van der Waals surface area contributed by atoms with Crippen molar-refractivity contribution in [2.45, 2.75) is 26.5 Å². The number of anilines is 1. The molecule has 0 saturated heterocycles. The van der Waals surface area contributed by atoms with Gasteiger partial charge in [-0.05, 0) is 53.4 Å². The van der Waals surface area contributed by atoms with Crippen LogP contribution in [0.5, 0.6) is 5.75 Å². The Hall–Kier alpha value is -2.23.